The lowest BCUT2D eigenvalue weighted by atomic mass is 10.2. The van der Waals surface area contributed by atoms with Gasteiger partial charge >= 0.3 is 0 Å². The van der Waals surface area contributed by atoms with Gasteiger partial charge in [0.25, 0.3) is 5.56 Å². The second kappa shape index (κ2) is 7.75. The summed E-state index contributed by atoms with van der Waals surface area (Å²) in [7, 11) is 0. The Bertz CT molecular complexity index is 459. The quantitative estimate of drug-likeness (QED) is 0.132. The van der Waals surface area contributed by atoms with Crippen LogP contribution in [0.25, 0.3) is 0 Å². The molecule has 0 unspecified atom stereocenters. The Labute approximate surface area is 110 Å². The molecule has 0 amide bonds. The second-order valence-electron chi connectivity index (χ2n) is 3.84. The Morgan fingerprint density at radius 3 is 3.11 bits per heavy atom. The van der Waals surface area contributed by atoms with Gasteiger partial charge in [-0.3, -0.25) is 4.79 Å². The van der Waals surface area contributed by atoms with Crippen LogP contribution in [0.3, 0.4) is 0 Å². The first-order valence-corrected chi connectivity index (χ1v) is 6.83. The number of thioether (sulfide) groups is 1. The van der Waals surface area contributed by atoms with Crippen molar-refractivity contribution in [2.75, 3.05) is 5.75 Å². The minimum absolute atomic E-state index is 0.118. The van der Waals surface area contributed by atoms with E-state index in [9.17, 15) is 4.79 Å². The number of rotatable bonds is 7. The predicted octanol–water partition coefficient (Wildman–Crippen LogP) is 1.34. The van der Waals surface area contributed by atoms with E-state index >= 15 is 0 Å². The zero-order chi connectivity index (χ0) is 13.4. The first kappa shape index (κ1) is 14.6. The Hall–Kier alpha value is -1.50. The van der Waals surface area contributed by atoms with Crippen LogP contribution >= 0.6 is 11.8 Å². The molecule has 0 aromatic carbocycles. The molecule has 0 atom stereocenters. The lowest BCUT2D eigenvalue weighted by molar-refractivity contribution is 0.317. The third-order valence-corrected chi connectivity index (χ3v) is 3.18. The van der Waals surface area contributed by atoms with Crippen molar-refractivity contribution >= 4 is 17.6 Å². The zero-order valence-electron chi connectivity index (χ0n) is 10.3. The zero-order valence-corrected chi connectivity index (χ0v) is 11.2. The molecule has 0 saturated heterocycles. The Kier molecular flexibility index (Phi) is 6.27. The monoisotopic (exact) mass is 270 g/mol. The molecule has 4 N–H and O–H groups in total. The van der Waals surface area contributed by atoms with Gasteiger partial charge in [0.2, 0.25) is 0 Å². The summed E-state index contributed by atoms with van der Waals surface area (Å²) >= 11 is 1.47. The number of amidine groups is 1. The van der Waals surface area contributed by atoms with E-state index in [-0.39, 0.29) is 11.4 Å². The van der Waals surface area contributed by atoms with Gasteiger partial charge in [0.15, 0.2) is 5.16 Å². The highest BCUT2D eigenvalue weighted by Crippen LogP contribution is 2.13. The van der Waals surface area contributed by atoms with Gasteiger partial charge in [-0.15, -0.1) is 0 Å². The van der Waals surface area contributed by atoms with Crippen molar-refractivity contribution in [1.29, 1.82) is 0 Å². The number of aromatic nitrogens is 2. The molecule has 0 saturated carbocycles. The van der Waals surface area contributed by atoms with Crippen molar-refractivity contribution in [1.82, 2.24) is 9.97 Å². The molecule has 1 heterocycles. The fourth-order valence-corrected chi connectivity index (χ4v) is 2.24. The molecule has 7 heteroatoms. The highest BCUT2D eigenvalue weighted by atomic mass is 32.2. The second-order valence-corrected chi connectivity index (χ2v) is 4.92. The maximum atomic E-state index is 11.4. The lowest BCUT2D eigenvalue weighted by Crippen LogP contribution is -2.12. The SMILES string of the molecule is CCCc1cc(=O)[nH]c(SCCC/C(N)=N/O)n1. The largest absolute Gasteiger partial charge is 0.409 e. The molecular weight excluding hydrogens is 252 g/mol. The van der Waals surface area contributed by atoms with Crippen LogP contribution in [-0.2, 0) is 6.42 Å². The summed E-state index contributed by atoms with van der Waals surface area (Å²) in [5.41, 5.74) is 6.06. The molecule has 1 aromatic rings. The van der Waals surface area contributed by atoms with Crippen LogP contribution in [0.15, 0.2) is 21.2 Å². The maximum absolute atomic E-state index is 11.4. The molecule has 0 aliphatic rings. The van der Waals surface area contributed by atoms with E-state index in [4.69, 9.17) is 10.9 Å². The molecule has 0 fully saturated rings. The van der Waals surface area contributed by atoms with Crippen molar-refractivity contribution < 1.29 is 5.21 Å². The van der Waals surface area contributed by atoms with Crippen molar-refractivity contribution in [3.8, 4) is 0 Å². The highest BCUT2D eigenvalue weighted by molar-refractivity contribution is 7.99. The van der Waals surface area contributed by atoms with Gasteiger partial charge in [0.05, 0.1) is 0 Å². The summed E-state index contributed by atoms with van der Waals surface area (Å²) in [6, 6.07) is 1.53. The van der Waals surface area contributed by atoms with E-state index in [1.165, 1.54) is 17.8 Å². The first-order valence-electron chi connectivity index (χ1n) is 5.85. The number of hydrogen-bond donors (Lipinski definition) is 3. The molecule has 0 spiro atoms. The molecule has 0 bridgehead atoms. The van der Waals surface area contributed by atoms with E-state index in [2.05, 4.69) is 15.1 Å². The fraction of sp³-hybridized carbons (Fsp3) is 0.545. The third kappa shape index (κ3) is 5.22. The van der Waals surface area contributed by atoms with Gasteiger partial charge in [-0.25, -0.2) is 4.98 Å². The molecule has 0 radical (unpaired) electrons. The Morgan fingerprint density at radius 2 is 2.44 bits per heavy atom. The van der Waals surface area contributed by atoms with E-state index in [0.29, 0.717) is 11.6 Å². The summed E-state index contributed by atoms with van der Waals surface area (Å²) in [6.45, 7) is 2.05. The summed E-state index contributed by atoms with van der Waals surface area (Å²) in [5, 5.41) is 11.9. The number of nitrogens with zero attached hydrogens (tertiary/aromatic N) is 2. The maximum Gasteiger partial charge on any atom is 0.251 e. The molecule has 1 rings (SSSR count). The molecule has 1 aromatic heterocycles. The summed E-state index contributed by atoms with van der Waals surface area (Å²) in [6.07, 6.45) is 3.07. The molecule has 0 aliphatic carbocycles. The van der Waals surface area contributed by atoms with Crippen molar-refractivity contribution in [2.24, 2.45) is 10.9 Å². The lowest BCUT2D eigenvalue weighted by Gasteiger charge is -2.03. The summed E-state index contributed by atoms with van der Waals surface area (Å²) in [4.78, 5) is 18.4. The number of hydrogen-bond acceptors (Lipinski definition) is 5. The van der Waals surface area contributed by atoms with Gasteiger partial charge in [-0.2, -0.15) is 0 Å². The Balaban J connectivity index is 2.49. The predicted molar refractivity (Wildman–Crippen MR) is 72.2 cm³/mol. The van der Waals surface area contributed by atoms with Gasteiger partial charge in [-0.05, 0) is 12.8 Å². The molecule has 6 nitrogen and oxygen atoms in total. The van der Waals surface area contributed by atoms with Crippen molar-refractivity contribution in [3.63, 3.8) is 0 Å². The normalized spacial score (nSPS) is 11.7. The average Bonchev–Trinajstić information content (AvgIpc) is 2.34. The van der Waals surface area contributed by atoms with Crippen molar-refractivity contribution in [3.05, 3.63) is 22.1 Å². The average molecular weight is 270 g/mol. The molecule has 100 valence electrons. The first-order chi connectivity index (χ1) is 8.65. The minimum Gasteiger partial charge on any atom is -0.409 e. The van der Waals surface area contributed by atoms with Crippen LogP contribution in [0.5, 0.6) is 0 Å². The number of nitrogens with one attached hydrogen (secondary N) is 1. The Morgan fingerprint density at radius 1 is 1.67 bits per heavy atom. The van der Waals surface area contributed by atoms with Crippen LogP contribution in [-0.4, -0.2) is 26.8 Å². The summed E-state index contributed by atoms with van der Waals surface area (Å²) in [5.74, 6) is 0.978. The van der Waals surface area contributed by atoms with Crippen LogP contribution in [0.1, 0.15) is 31.9 Å². The standard InChI is InChI=1S/C11H18N4O2S/c1-2-4-8-7-10(16)14-11(13-8)18-6-3-5-9(12)15-17/h7,17H,2-6H2,1H3,(H2,12,15)(H,13,14,16). The van der Waals surface area contributed by atoms with Gasteiger partial charge in [-0.1, -0.05) is 30.3 Å². The van der Waals surface area contributed by atoms with Crippen LogP contribution in [0.4, 0.5) is 0 Å². The van der Waals surface area contributed by atoms with Crippen LogP contribution < -0.4 is 11.3 Å². The third-order valence-electron chi connectivity index (χ3n) is 2.22. The minimum atomic E-state index is -0.118. The number of aryl methyl sites for hydroxylation is 1. The molecule has 18 heavy (non-hydrogen) atoms. The van der Waals surface area contributed by atoms with Crippen LogP contribution in [0, 0.1) is 0 Å². The fourth-order valence-electron chi connectivity index (χ4n) is 1.41. The topological polar surface area (TPSA) is 104 Å². The number of nitrogens with two attached hydrogens (primary N) is 1. The summed E-state index contributed by atoms with van der Waals surface area (Å²) < 4.78 is 0. The van der Waals surface area contributed by atoms with Crippen molar-refractivity contribution in [2.45, 2.75) is 37.8 Å². The number of H-pyrrole nitrogens is 1. The van der Waals surface area contributed by atoms with Gasteiger partial charge < -0.3 is 15.9 Å². The van der Waals surface area contributed by atoms with E-state index < -0.39 is 0 Å². The van der Waals surface area contributed by atoms with E-state index in [1.54, 1.807) is 0 Å². The van der Waals surface area contributed by atoms with Gasteiger partial charge in [0, 0.05) is 23.9 Å². The highest BCUT2D eigenvalue weighted by Gasteiger charge is 2.02. The molecular formula is C11H18N4O2S. The van der Waals surface area contributed by atoms with Crippen LogP contribution in [0.2, 0.25) is 0 Å². The van der Waals surface area contributed by atoms with Gasteiger partial charge in [0.1, 0.15) is 5.84 Å². The van der Waals surface area contributed by atoms with E-state index in [1.807, 2.05) is 6.92 Å². The van der Waals surface area contributed by atoms with E-state index in [0.717, 1.165) is 30.7 Å². The number of oxime groups is 1. The number of aromatic amines is 1. The smallest absolute Gasteiger partial charge is 0.251 e. The molecule has 0 aliphatic heterocycles.